The molecule has 0 unspecified atom stereocenters. The number of ether oxygens (including phenoxy) is 4. The lowest BCUT2D eigenvalue weighted by atomic mass is 9.98. The summed E-state index contributed by atoms with van der Waals surface area (Å²) >= 11 is 0. The number of carbonyl (C=O) groups is 2. The third-order valence-electron chi connectivity index (χ3n) is 6.88. The van der Waals surface area contributed by atoms with Gasteiger partial charge in [0.25, 0.3) is 11.6 Å². The zero-order chi connectivity index (χ0) is 25.7. The van der Waals surface area contributed by atoms with Gasteiger partial charge in [0.1, 0.15) is 18.5 Å². The fraction of sp³-hybridized carbons (Fsp3) is 0.667. The fourth-order valence-electron chi connectivity index (χ4n) is 4.61. The van der Waals surface area contributed by atoms with Crippen LogP contribution in [0.5, 0.6) is 5.75 Å². The summed E-state index contributed by atoms with van der Waals surface area (Å²) in [6.45, 7) is 2.53. The molecule has 11 heteroatoms. The minimum absolute atomic E-state index is 0.0565. The van der Waals surface area contributed by atoms with E-state index in [9.17, 15) is 19.7 Å². The Balaban J connectivity index is 1.98. The molecular formula is C24H35N3O8. The Morgan fingerprint density at radius 3 is 2.43 bits per heavy atom. The van der Waals surface area contributed by atoms with Crippen molar-refractivity contribution in [3.8, 4) is 5.75 Å². The Kier molecular flexibility index (Phi) is 9.03. The Hall–Kier alpha value is -2.76. The molecule has 0 radical (unpaired) electrons. The summed E-state index contributed by atoms with van der Waals surface area (Å²) < 4.78 is 23.4. The molecule has 11 nitrogen and oxygen atoms in total. The number of nitro benzene ring substituents is 1. The molecule has 5 atom stereocenters. The lowest BCUT2D eigenvalue weighted by Gasteiger charge is -2.37. The van der Waals surface area contributed by atoms with Gasteiger partial charge in [0.2, 0.25) is 5.91 Å². The van der Waals surface area contributed by atoms with Crippen LogP contribution in [0.3, 0.4) is 0 Å². The van der Waals surface area contributed by atoms with Gasteiger partial charge in [0, 0.05) is 53.5 Å². The third kappa shape index (κ3) is 6.28. The molecule has 1 fully saturated rings. The van der Waals surface area contributed by atoms with Crippen LogP contribution < -0.4 is 4.74 Å². The number of hydrogen-bond donors (Lipinski definition) is 0. The molecule has 194 valence electrons. The first-order valence-corrected chi connectivity index (χ1v) is 11.8. The van der Waals surface area contributed by atoms with Crippen LogP contribution in [0.15, 0.2) is 18.2 Å². The molecule has 0 aliphatic carbocycles. The fourth-order valence-corrected chi connectivity index (χ4v) is 4.61. The maximum atomic E-state index is 13.4. The summed E-state index contributed by atoms with van der Waals surface area (Å²) in [5.74, 6) is -0.854. The van der Waals surface area contributed by atoms with Crippen molar-refractivity contribution >= 4 is 17.5 Å². The smallest absolute Gasteiger partial charge is 0.270 e. The van der Waals surface area contributed by atoms with Gasteiger partial charge in [-0.15, -0.1) is 0 Å². The molecule has 1 saturated heterocycles. The van der Waals surface area contributed by atoms with Crippen LogP contribution in [0.1, 0.15) is 36.5 Å². The number of benzene rings is 1. The molecule has 0 saturated carbocycles. The number of methoxy groups -OCH3 is 2. The summed E-state index contributed by atoms with van der Waals surface area (Å²) in [7, 11) is 6.43. The summed E-state index contributed by atoms with van der Waals surface area (Å²) in [4.78, 5) is 40.3. The first-order valence-electron chi connectivity index (χ1n) is 11.8. The molecule has 0 aromatic heterocycles. The molecule has 35 heavy (non-hydrogen) atoms. The highest BCUT2D eigenvalue weighted by Crippen LogP contribution is 2.29. The predicted octanol–water partition coefficient (Wildman–Crippen LogP) is 2.12. The number of hydrogen-bond acceptors (Lipinski definition) is 8. The van der Waals surface area contributed by atoms with Gasteiger partial charge < -0.3 is 28.7 Å². The largest absolute Gasteiger partial charge is 0.490 e. The van der Waals surface area contributed by atoms with Crippen LogP contribution >= 0.6 is 0 Å². The molecule has 2 aliphatic heterocycles. The molecule has 0 N–H and O–H groups in total. The van der Waals surface area contributed by atoms with Crippen molar-refractivity contribution in [1.29, 1.82) is 0 Å². The van der Waals surface area contributed by atoms with Crippen LogP contribution in [0.4, 0.5) is 5.69 Å². The lowest BCUT2D eigenvalue weighted by Crippen LogP contribution is -2.47. The second-order valence-electron chi connectivity index (χ2n) is 9.19. The average molecular weight is 494 g/mol. The van der Waals surface area contributed by atoms with Crippen molar-refractivity contribution in [1.82, 2.24) is 9.80 Å². The van der Waals surface area contributed by atoms with E-state index in [0.29, 0.717) is 13.0 Å². The van der Waals surface area contributed by atoms with Crippen molar-refractivity contribution in [2.24, 2.45) is 5.92 Å². The van der Waals surface area contributed by atoms with Gasteiger partial charge in [0.15, 0.2) is 0 Å². The average Bonchev–Trinajstić information content (AvgIpc) is 2.86. The van der Waals surface area contributed by atoms with Gasteiger partial charge in [-0.2, -0.15) is 0 Å². The first-order chi connectivity index (χ1) is 16.7. The van der Waals surface area contributed by atoms with Gasteiger partial charge in [-0.1, -0.05) is 6.92 Å². The Morgan fingerprint density at radius 1 is 1.06 bits per heavy atom. The summed E-state index contributed by atoms with van der Waals surface area (Å²) in [6, 6.07) is 3.94. The summed E-state index contributed by atoms with van der Waals surface area (Å²) in [5.41, 5.74) is -0.165. The van der Waals surface area contributed by atoms with Crippen molar-refractivity contribution < 1.29 is 33.5 Å². The molecule has 2 bridgehead atoms. The highest BCUT2D eigenvalue weighted by molar-refractivity contribution is 5.97. The van der Waals surface area contributed by atoms with E-state index in [2.05, 4.69) is 0 Å². The maximum Gasteiger partial charge on any atom is 0.270 e. The van der Waals surface area contributed by atoms with Crippen LogP contribution in [0.2, 0.25) is 0 Å². The highest BCUT2D eigenvalue weighted by Gasteiger charge is 2.34. The zero-order valence-corrected chi connectivity index (χ0v) is 21.0. The number of likely N-dealkylation sites (N-methyl/N-ethyl adjacent to an activating group) is 1. The van der Waals surface area contributed by atoms with Crippen molar-refractivity contribution in [2.75, 3.05) is 48.0 Å². The van der Waals surface area contributed by atoms with Crippen LogP contribution in [-0.4, -0.2) is 99.0 Å². The number of nitro groups is 1. The Bertz CT molecular complexity index is 926. The molecule has 2 aliphatic rings. The van der Waals surface area contributed by atoms with E-state index in [1.165, 1.54) is 30.2 Å². The number of carbonyl (C=O) groups excluding carboxylic acids is 2. The minimum Gasteiger partial charge on any atom is -0.490 e. The van der Waals surface area contributed by atoms with Crippen LogP contribution in [0, 0.1) is 16.0 Å². The second-order valence-corrected chi connectivity index (χ2v) is 9.19. The number of fused-ring (bicyclic) bond motifs is 3. The Morgan fingerprint density at radius 2 is 1.77 bits per heavy atom. The number of non-ortho nitro benzene ring substituents is 1. The molecular weight excluding hydrogens is 458 g/mol. The SMILES string of the molecule is CO[C@H]1CC[C@H]2CCN(C)C(=O)[C@H](C)[C@H](OC)CN(C)C(=O)c3cc([N+](=O)[O-])ccc3OC[C@@H]1O2. The van der Waals surface area contributed by atoms with E-state index in [1.54, 1.807) is 33.0 Å². The number of nitrogens with zero attached hydrogens (tertiary/aromatic N) is 3. The Labute approximate surface area is 205 Å². The topological polar surface area (TPSA) is 121 Å². The van der Waals surface area contributed by atoms with Crippen molar-refractivity contribution in [2.45, 2.75) is 50.6 Å². The van der Waals surface area contributed by atoms with Crippen LogP contribution in [0.25, 0.3) is 0 Å². The van der Waals surface area contributed by atoms with Gasteiger partial charge in [0.05, 0.1) is 34.7 Å². The maximum absolute atomic E-state index is 13.4. The van der Waals surface area contributed by atoms with Crippen LogP contribution in [-0.2, 0) is 19.0 Å². The first kappa shape index (κ1) is 26.8. The molecule has 1 aromatic rings. The lowest BCUT2D eigenvalue weighted by molar-refractivity contribution is -0.384. The third-order valence-corrected chi connectivity index (χ3v) is 6.88. The van der Waals surface area contributed by atoms with Crippen molar-refractivity contribution in [3.05, 3.63) is 33.9 Å². The molecule has 2 amide bonds. The summed E-state index contributed by atoms with van der Waals surface area (Å²) in [5, 5.41) is 11.4. The molecule has 3 rings (SSSR count). The molecule has 2 heterocycles. The van der Waals surface area contributed by atoms with Gasteiger partial charge in [-0.25, -0.2) is 0 Å². The van der Waals surface area contributed by atoms with Gasteiger partial charge in [-0.3, -0.25) is 19.7 Å². The van der Waals surface area contributed by atoms with E-state index in [1.807, 2.05) is 0 Å². The molecule has 1 aromatic carbocycles. The number of rotatable bonds is 3. The van der Waals surface area contributed by atoms with Gasteiger partial charge in [-0.05, 0) is 25.3 Å². The highest BCUT2D eigenvalue weighted by atomic mass is 16.6. The predicted molar refractivity (Wildman–Crippen MR) is 126 cm³/mol. The number of amides is 2. The van der Waals surface area contributed by atoms with E-state index in [0.717, 1.165) is 12.8 Å². The van der Waals surface area contributed by atoms with E-state index >= 15 is 0 Å². The zero-order valence-electron chi connectivity index (χ0n) is 21.0. The normalized spacial score (nSPS) is 28.9. The quantitative estimate of drug-likeness (QED) is 0.464. The van der Waals surface area contributed by atoms with E-state index < -0.39 is 22.9 Å². The summed E-state index contributed by atoms with van der Waals surface area (Å²) in [6.07, 6.45) is 1.01. The molecule has 0 spiro atoms. The van der Waals surface area contributed by atoms with Crippen molar-refractivity contribution in [3.63, 3.8) is 0 Å². The van der Waals surface area contributed by atoms with E-state index in [-0.39, 0.29) is 54.4 Å². The van der Waals surface area contributed by atoms with E-state index in [4.69, 9.17) is 18.9 Å². The monoisotopic (exact) mass is 493 g/mol. The van der Waals surface area contributed by atoms with Gasteiger partial charge >= 0.3 is 0 Å². The second kappa shape index (κ2) is 11.8. The standard InChI is InChI=1S/C24H35N3O8/c1-15-21(33-5)13-26(3)24(29)18-12-16(27(30)31)6-8-19(18)34-14-22-20(32-4)9-7-17(35-22)10-11-25(2)23(15)28/h6,8,12,15,17,20-22H,7,9-11,13-14H2,1-5H3/t15-,17+,20+,21-,22+/m1/s1. The minimum atomic E-state index is -0.562.